The molecule has 0 saturated heterocycles. The molecule has 2 atom stereocenters. The lowest BCUT2D eigenvalue weighted by molar-refractivity contribution is -0.183. The number of ether oxygens (including phenoxy) is 2. The van der Waals surface area contributed by atoms with Crippen LogP contribution in [0.4, 0.5) is 5.82 Å². The summed E-state index contributed by atoms with van der Waals surface area (Å²) in [6.45, 7) is 7.75. The SMILES string of the molecule is CCOC(=O)c1cnc(Cl)nc1NC12CC3CC(C1)CC(C(=O)OC(C)(C)C)(C3)C2. The third-order valence-corrected chi connectivity index (χ3v) is 6.71. The van der Waals surface area contributed by atoms with Gasteiger partial charge in [-0.3, -0.25) is 4.79 Å². The molecule has 2 unspecified atom stereocenters. The predicted molar refractivity (Wildman–Crippen MR) is 112 cm³/mol. The van der Waals surface area contributed by atoms with E-state index >= 15 is 0 Å². The first-order valence-electron chi connectivity index (χ1n) is 10.7. The lowest BCUT2D eigenvalue weighted by Crippen LogP contribution is -2.62. The van der Waals surface area contributed by atoms with E-state index in [0.717, 1.165) is 32.1 Å². The van der Waals surface area contributed by atoms with Crippen LogP contribution in [0.2, 0.25) is 5.28 Å². The summed E-state index contributed by atoms with van der Waals surface area (Å²) in [4.78, 5) is 33.9. The van der Waals surface area contributed by atoms with Crippen LogP contribution < -0.4 is 5.32 Å². The summed E-state index contributed by atoms with van der Waals surface area (Å²) in [6.07, 6.45) is 6.85. The number of hydrogen-bond donors (Lipinski definition) is 1. The van der Waals surface area contributed by atoms with Crippen molar-refractivity contribution in [2.75, 3.05) is 11.9 Å². The van der Waals surface area contributed by atoms with E-state index in [-0.39, 0.29) is 29.0 Å². The smallest absolute Gasteiger partial charge is 0.343 e. The number of hydrogen-bond acceptors (Lipinski definition) is 7. The van der Waals surface area contributed by atoms with Crippen LogP contribution in [0.1, 0.15) is 76.6 Å². The minimum Gasteiger partial charge on any atom is -0.462 e. The summed E-state index contributed by atoms with van der Waals surface area (Å²) in [7, 11) is 0. The van der Waals surface area contributed by atoms with Crippen molar-refractivity contribution in [3.8, 4) is 0 Å². The van der Waals surface area contributed by atoms with E-state index in [4.69, 9.17) is 21.1 Å². The second-order valence-electron chi connectivity index (χ2n) is 10.3. The van der Waals surface area contributed by atoms with Crippen LogP contribution in [0.25, 0.3) is 0 Å². The maximum absolute atomic E-state index is 13.3. The third-order valence-electron chi connectivity index (χ3n) is 6.53. The van der Waals surface area contributed by atoms with Crippen LogP contribution in [0.3, 0.4) is 0 Å². The molecule has 30 heavy (non-hydrogen) atoms. The molecule has 4 fully saturated rings. The molecule has 5 rings (SSSR count). The standard InChI is InChI=1S/C22H30ClN3O4/c1-5-29-17(27)15-11-24-19(23)25-16(15)26-22-9-13-6-14(10-22)8-21(7-13,12-22)18(28)30-20(2,3)4/h11,13-14H,5-10,12H2,1-4H3,(H,24,25,26). The molecule has 0 aromatic carbocycles. The van der Waals surface area contributed by atoms with Crippen molar-refractivity contribution in [3.05, 3.63) is 17.0 Å². The molecule has 0 amide bonds. The Balaban J connectivity index is 1.65. The Hall–Kier alpha value is -1.89. The van der Waals surface area contributed by atoms with Gasteiger partial charge >= 0.3 is 11.9 Å². The molecule has 4 aliphatic carbocycles. The Kier molecular flexibility index (Phi) is 5.24. The maximum Gasteiger partial charge on any atom is 0.343 e. The first-order valence-corrected chi connectivity index (χ1v) is 11.1. The van der Waals surface area contributed by atoms with Gasteiger partial charge in [-0.1, -0.05) is 0 Å². The van der Waals surface area contributed by atoms with Gasteiger partial charge in [-0.25, -0.2) is 9.78 Å². The fraction of sp³-hybridized carbons (Fsp3) is 0.727. The topological polar surface area (TPSA) is 90.4 Å². The van der Waals surface area contributed by atoms with Crippen LogP contribution in [0.5, 0.6) is 0 Å². The number of anilines is 1. The van der Waals surface area contributed by atoms with E-state index in [1.165, 1.54) is 6.20 Å². The van der Waals surface area contributed by atoms with Gasteiger partial charge in [0.1, 0.15) is 17.0 Å². The van der Waals surface area contributed by atoms with Gasteiger partial charge < -0.3 is 14.8 Å². The highest BCUT2D eigenvalue weighted by Gasteiger charge is 2.62. The summed E-state index contributed by atoms with van der Waals surface area (Å²) >= 11 is 6.05. The average Bonchev–Trinajstić information content (AvgIpc) is 2.59. The zero-order valence-corrected chi connectivity index (χ0v) is 18.8. The molecule has 164 valence electrons. The summed E-state index contributed by atoms with van der Waals surface area (Å²) in [5, 5.41) is 3.60. The minimum atomic E-state index is -0.516. The summed E-state index contributed by atoms with van der Waals surface area (Å²) in [6, 6.07) is 0. The number of nitrogens with zero attached hydrogens (tertiary/aromatic N) is 2. The predicted octanol–water partition coefficient (Wildman–Crippen LogP) is 4.40. The lowest BCUT2D eigenvalue weighted by atomic mass is 9.47. The largest absolute Gasteiger partial charge is 0.462 e. The van der Waals surface area contributed by atoms with E-state index < -0.39 is 17.0 Å². The van der Waals surface area contributed by atoms with Crippen molar-refractivity contribution >= 4 is 29.4 Å². The molecule has 7 nitrogen and oxygen atoms in total. The number of carbonyl (C=O) groups is 2. The fourth-order valence-electron chi connectivity index (χ4n) is 6.10. The molecule has 0 aliphatic heterocycles. The van der Waals surface area contributed by atoms with Crippen molar-refractivity contribution in [2.45, 2.75) is 77.4 Å². The second kappa shape index (κ2) is 7.36. The number of carbonyl (C=O) groups excluding carboxylic acids is 2. The lowest BCUT2D eigenvalue weighted by Gasteiger charge is -2.61. The first-order chi connectivity index (χ1) is 14.0. The molecule has 4 bridgehead atoms. The Morgan fingerprint density at radius 3 is 2.50 bits per heavy atom. The van der Waals surface area contributed by atoms with E-state index in [0.29, 0.717) is 24.1 Å². The minimum absolute atomic E-state index is 0.0668. The Labute approximate surface area is 182 Å². The molecule has 1 heterocycles. The van der Waals surface area contributed by atoms with Gasteiger partial charge in [-0.05, 0) is 89.7 Å². The molecule has 1 aromatic rings. The van der Waals surface area contributed by atoms with Crippen LogP contribution in [0, 0.1) is 17.3 Å². The highest BCUT2D eigenvalue weighted by molar-refractivity contribution is 6.28. The third kappa shape index (κ3) is 4.01. The zero-order valence-electron chi connectivity index (χ0n) is 18.1. The summed E-state index contributed by atoms with van der Waals surface area (Å²) in [5.74, 6) is 0.712. The first kappa shape index (κ1) is 21.3. The van der Waals surface area contributed by atoms with Gasteiger partial charge in [0, 0.05) is 11.7 Å². The van der Waals surface area contributed by atoms with Crippen LogP contribution in [0.15, 0.2) is 6.20 Å². The molecule has 8 heteroatoms. The van der Waals surface area contributed by atoms with Gasteiger partial charge in [0.15, 0.2) is 0 Å². The Morgan fingerprint density at radius 2 is 1.90 bits per heavy atom. The molecule has 1 N–H and O–H groups in total. The highest BCUT2D eigenvalue weighted by atomic mass is 35.5. The normalized spacial score (nSPS) is 32.0. The van der Waals surface area contributed by atoms with Crippen molar-refractivity contribution in [1.82, 2.24) is 9.97 Å². The fourth-order valence-corrected chi connectivity index (χ4v) is 6.23. The Bertz CT molecular complexity index is 852. The second-order valence-corrected chi connectivity index (χ2v) is 10.6. The number of esters is 2. The molecular formula is C22H30ClN3O4. The van der Waals surface area contributed by atoms with Crippen LogP contribution in [-0.2, 0) is 14.3 Å². The van der Waals surface area contributed by atoms with Gasteiger partial charge in [-0.2, -0.15) is 4.98 Å². The number of aromatic nitrogens is 2. The highest BCUT2D eigenvalue weighted by Crippen LogP contribution is 2.63. The molecule has 4 saturated carbocycles. The van der Waals surface area contributed by atoms with E-state index in [1.54, 1.807) is 6.92 Å². The molecular weight excluding hydrogens is 406 g/mol. The van der Waals surface area contributed by atoms with Crippen molar-refractivity contribution < 1.29 is 19.1 Å². The van der Waals surface area contributed by atoms with E-state index in [1.807, 2.05) is 20.8 Å². The summed E-state index contributed by atoms with van der Waals surface area (Å²) < 4.78 is 11.0. The van der Waals surface area contributed by atoms with Gasteiger partial charge in [0.2, 0.25) is 5.28 Å². The van der Waals surface area contributed by atoms with Crippen molar-refractivity contribution in [3.63, 3.8) is 0 Å². The van der Waals surface area contributed by atoms with E-state index in [9.17, 15) is 9.59 Å². The summed E-state index contributed by atoms with van der Waals surface area (Å²) in [5.41, 5.74) is -1.05. The van der Waals surface area contributed by atoms with Crippen LogP contribution in [-0.4, -0.2) is 39.7 Å². The van der Waals surface area contributed by atoms with Crippen LogP contribution >= 0.6 is 11.6 Å². The van der Waals surface area contributed by atoms with E-state index in [2.05, 4.69) is 15.3 Å². The van der Waals surface area contributed by atoms with Gasteiger partial charge in [-0.15, -0.1) is 0 Å². The average molecular weight is 436 g/mol. The number of halogens is 1. The zero-order chi connectivity index (χ0) is 21.7. The number of nitrogens with one attached hydrogen (secondary N) is 1. The van der Waals surface area contributed by atoms with Gasteiger partial charge in [0.05, 0.1) is 12.0 Å². The monoisotopic (exact) mass is 435 g/mol. The molecule has 4 aliphatic rings. The van der Waals surface area contributed by atoms with Gasteiger partial charge in [0.25, 0.3) is 0 Å². The van der Waals surface area contributed by atoms with Crippen molar-refractivity contribution in [1.29, 1.82) is 0 Å². The quantitative estimate of drug-likeness (QED) is 0.541. The Morgan fingerprint density at radius 1 is 1.23 bits per heavy atom. The maximum atomic E-state index is 13.3. The molecule has 0 spiro atoms. The number of rotatable bonds is 5. The van der Waals surface area contributed by atoms with Crippen molar-refractivity contribution in [2.24, 2.45) is 17.3 Å². The molecule has 1 aromatic heterocycles. The molecule has 0 radical (unpaired) electrons.